The number of halogens is 2. The lowest BCUT2D eigenvalue weighted by Gasteiger charge is -2.16. The maximum Gasteiger partial charge on any atom is 0.239 e. The van der Waals surface area contributed by atoms with Crippen molar-refractivity contribution in [3.8, 4) is 11.8 Å². The van der Waals surface area contributed by atoms with Crippen LogP contribution in [-0.4, -0.2) is 15.0 Å². The molecule has 0 aliphatic rings. The van der Waals surface area contributed by atoms with E-state index in [1.807, 2.05) is 0 Å². The lowest BCUT2D eigenvalue weighted by Crippen LogP contribution is -2.14. The fourth-order valence-corrected chi connectivity index (χ4v) is 2.68. The van der Waals surface area contributed by atoms with E-state index in [0.717, 1.165) is 6.07 Å². The van der Waals surface area contributed by atoms with Gasteiger partial charge in [-0.05, 0) is 26.3 Å². The number of ether oxygens (including phenoxy) is 1. The summed E-state index contributed by atoms with van der Waals surface area (Å²) >= 11 is 11.8. The number of nitrogens with two attached hydrogens (primary N) is 1. The lowest BCUT2D eigenvalue weighted by molar-refractivity contribution is 0.264. The van der Waals surface area contributed by atoms with Gasteiger partial charge in [0.25, 0.3) is 0 Å². The maximum absolute atomic E-state index is 11.3. The third kappa shape index (κ3) is 4.53. The van der Waals surface area contributed by atoms with Crippen LogP contribution in [0.15, 0.2) is 17.0 Å². The highest BCUT2D eigenvalue weighted by Crippen LogP contribution is 2.33. The lowest BCUT2D eigenvalue weighted by atomic mass is 9.92. The summed E-state index contributed by atoms with van der Waals surface area (Å²) in [5, 5.41) is 13.9. The van der Waals surface area contributed by atoms with Crippen LogP contribution in [0.5, 0.6) is 5.75 Å². The minimum atomic E-state index is -3.94. The van der Waals surface area contributed by atoms with Gasteiger partial charge >= 0.3 is 0 Å². The molecule has 2 N–H and O–H groups in total. The van der Waals surface area contributed by atoms with Crippen LogP contribution < -0.4 is 9.88 Å². The summed E-state index contributed by atoms with van der Waals surface area (Å²) in [6, 6.07) is 4.59. The second-order valence-corrected chi connectivity index (χ2v) is 7.20. The Morgan fingerprint density at radius 2 is 1.95 bits per heavy atom. The molecule has 0 aromatic heterocycles. The van der Waals surface area contributed by atoms with Crippen LogP contribution in [-0.2, 0) is 10.0 Å². The molecule has 0 aliphatic carbocycles. The van der Waals surface area contributed by atoms with Gasteiger partial charge in [-0.3, -0.25) is 0 Å². The van der Waals surface area contributed by atoms with E-state index in [0.29, 0.717) is 6.42 Å². The summed E-state index contributed by atoms with van der Waals surface area (Å²) < 4.78 is 27.9. The molecular formula is C12H14Cl2N2O3S. The average molecular weight is 337 g/mol. The number of hydrogen-bond donors (Lipinski definition) is 1. The van der Waals surface area contributed by atoms with Gasteiger partial charge in [0.15, 0.2) is 0 Å². The van der Waals surface area contributed by atoms with Crippen molar-refractivity contribution in [2.24, 2.45) is 10.6 Å². The van der Waals surface area contributed by atoms with Crippen molar-refractivity contribution in [2.75, 3.05) is 6.61 Å². The fraction of sp³-hybridized carbons (Fsp3) is 0.417. The molecule has 0 saturated carbocycles. The van der Waals surface area contributed by atoms with Crippen LogP contribution in [0.2, 0.25) is 10.0 Å². The van der Waals surface area contributed by atoms with Gasteiger partial charge in [0.1, 0.15) is 10.6 Å². The molecule has 0 spiro atoms. The van der Waals surface area contributed by atoms with Crippen molar-refractivity contribution in [3.63, 3.8) is 0 Å². The van der Waals surface area contributed by atoms with Gasteiger partial charge in [0, 0.05) is 6.07 Å². The van der Waals surface area contributed by atoms with E-state index in [4.69, 9.17) is 38.3 Å². The first-order valence-electron chi connectivity index (χ1n) is 5.63. The number of nitrogens with zero attached hydrogens (tertiary/aromatic N) is 1. The summed E-state index contributed by atoms with van der Waals surface area (Å²) in [6.07, 6.45) is 0.494. The molecule has 0 fully saturated rings. The van der Waals surface area contributed by atoms with Gasteiger partial charge in [-0.15, -0.1) is 0 Å². The molecule has 0 heterocycles. The van der Waals surface area contributed by atoms with Crippen molar-refractivity contribution in [1.29, 1.82) is 5.26 Å². The molecule has 0 bridgehead atoms. The first-order chi connectivity index (χ1) is 9.07. The Hall–Kier alpha value is -1.00. The minimum absolute atomic E-state index is 0.0635. The van der Waals surface area contributed by atoms with Crippen molar-refractivity contribution >= 4 is 33.2 Å². The number of primary sulfonamides is 1. The zero-order chi connectivity index (χ0) is 15.6. The Bertz CT molecular complexity index is 651. The first kappa shape index (κ1) is 17.1. The van der Waals surface area contributed by atoms with Crippen LogP contribution in [0.25, 0.3) is 0 Å². The van der Waals surface area contributed by atoms with Gasteiger partial charge in [0.05, 0.1) is 28.1 Å². The third-order valence-corrected chi connectivity index (χ3v) is 4.25. The van der Waals surface area contributed by atoms with E-state index in [2.05, 4.69) is 6.07 Å². The second kappa shape index (κ2) is 6.19. The number of nitriles is 1. The van der Waals surface area contributed by atoms with E-state index in [9.17, 15) is 8.42 Å². The molecule has 0 unspecified atom stereocenters. The fourth-order valence-electron chi connectivity index (χ4n) is 1.31. The molecule has 1 aromatic rings. The van der Waals surface area contributed by atoms with E-state index < -0.39 is 15.4 Å². The molecule has 0 amide bonds. The van der Waals surface area contributed by atoms with Gasteiger partial charge in [-0.2, -0.15) is 5.26 Å². The molecule has 1 rings (SSSR count). The second-order valence-electron chi connectivity index (χ2n) is 4.85. The number of rotatable bonds is 5. The van der Waals surface area contributed by atoms with Gasteiger partial charge in [-0.25, -0.2) is 13.6 Å². The van der Waals surface area contributed by atoms with Crippen molar-refractivity contribution in [2.45, 2.75) is 25.2 Å². The van der Waals surface area contributed by atoms with Crippen molar-refractivity contribution in [3.05, 3.63) is 22.2 Å². The first-order valence-corrected chi connectivity index (χ1v) is 7.93. The predicted octanol–water partition coefficient (Wildman–Crippen LogP) is 2.96. The van der Waals surface area contributed by atoms with Gasteiger partial charge in [-0.1, -0.05) is 23.2 Å². The normalized spacial score (nSPS) is 12.0. The summed E-state index contributed by atoms with van der Waals surface area (Å²) in [6.45, 7) is 3.83. The molecule has 0 radical (unpaired) electrons. The molecule has 8 heteroatoms. The smallest absolute Gasteiger partial charge is 0.239 e. The molecular weight excluding hydrogens is 323 g/mol. The van der Waals surface area contributed by atoms with Crippen molar-refractivity contribution < 1.29 is 13.2 Å². The minimum Gasteiger partial charge on any atom is -0.492 e. The van der Waals surface area contributed by atoms with Crippen molar-refractivity contribution in [1.82, 2.24) is 0 Å². The average Bonchev–Trinajstić information content (AvgIpc) is 2.31. The molecule has 1 aromatic carbocycles. The van der Waals surface area contributed by atoms with Crippen LogP contribution >= 0.6 is 23.2 Å². The van der Waals surface area contributed by atoms with E-state index in [1.165, 1.54) is 6.07 Å². The van der Waals surface area contributed by atoms with E-state index in [1.54, 1.807) is 13.8 Å². The Morgan fingerprint density at radius 3 is 2.45 bits per heavy atom. The topological polar surface area (TPSA) is 93.2 Å². The highest BCUT2D eigenvalue weighted by molar-refractivity contribution is 7.89. The molecule has 0 saturated heterocycles. The zero-order valence-electron chi connectivity index (χ0n) is 11.0. The summed E-state index contributed by atoms with van der Waals surface area (Å²) in [4.78, 5) is -0.256. The van der Waals surface area contributed by atoms with Crippen LogP contribution in [0, 0.1) is 16.7 Å². The summed E-state index contributed by atoms with van der Waals surface area (Å²) in [5.74, 6) is 0.248. The van der Waals surface area contributed by atoms with Crippen LogP contribution in [0.4, 0.5) is 0 Å². The number of hydrogen-bond acceptors (Lipinski definition) is 4. The number of benzene rings is 1. The molecule has 110 valence electrons. The highest BCUT2D eigenvalue weighted by atomic mass is 35.5. The standard InChI is InChI=1S/C12H14Cl2N2O3S/c1-12(2,7-15)3-4-19-10-5-9(14)11(6-8(10)13)20(16,17)18/h5-6H,3-4H2,1-2H3,(H2,16,17,18). The molecule has 5 nitrogen and oxygen atoms in total. The van der Waals surface area contributed by atoms with Crippen LogP contribution in [0.3, 0.4) is 0 Å². The zero-order valence-corrected chi connectivity index (χ0v) is 13.3. The van der Waals surface area contributed by atoms with Gasteiger partial charge < -0.3 is 4.74 Å². The largest absolute Gasteiger partial charge is 0.492 e. The Balaban J connectivity index is 2.90. The van der Waals surface area contributed by atoms with E-state index >= 15 is 0 Å². The summed E-state index contributed by atoms with van der Waals surface area (Å²) in [5.41, 5.74) is -0.517. The number of sulfonamides is 1. The Morgan fingerprint density at radius 1 is 1.35 bits per heavy atom. The molecule has 0 atom stereocenters. The summed E-state index contributed by atoms with van der Waals surface area (Å²) in [7, 11) is -3.94. The maximum atomic E-state index is 11.3. The Kier molecular flexibility index (Phi) is 5.27. The third-order valence-electron chi connectivity index (χ3n) is 2.58. The SMILES string of the molecule is CC(C)(C#N)CCOc1cc(Cl)c(S(N)(=O)=O)cc1Cl. The Labute approximate surface area is 128 Å². The van der Waals surface area contributed by atoms with E-state index in [-0.39, 0.29) is 27.3 Å². The highest BCUT2D eigenvalue weighted by Gasteiger charge is 2.19. The monoisotopic (exact) mass is 336 g/mol. The van der Waals surface area contributed by atoms with Crippen LogP contribution in [0.1, 0.15) is 20.3 Å². The molecule has 20 heavy (non-hydrogen) atoms. The quantitative estimate of drug-likeness (QED) is 0.894. The predicted molar refractivity (Wildman–Crippen MR) is 77.3 cm³/mol. The molecule has 0 aliphatic heterocycles. The van der Waals surface area contributed by atoms with Gasteiger partial charge in [0.2, 0.25) is 10.0 Å².